The molecule has 4 heteroatoms. The summed E-state index contributed by atoms with van der Waals surface area (Å²) in [5.41, 5.74) is 7.92. The van der Waals surface area contributed by atoms with Crippen LogP contribution in [-0.2, 0) is 11.2 Å². The van der Waals surface area contributed by atoms with Crippen molar-refractivity contribution in [1.82, 2.24) is 9.99 Å². The molecule has 1 N–H and O–H groups in total. The van der Waals surface area contributed by atoms with Gasteiger partial charge in [0.1, 0.15) is 0 Å². The van der Waals surface area contributed by atoms with Crippen molar-refractivity contribution in [2.75, 3.05) is 0 Å². The maximum absolute atomic E-state index is 12.1. The minimum Gasteiger partial charge on any atom is -0.317 e. The number of carbonyl (C=O) groups is 1. The Bertz CT molecular complexity index is 1180. The van der Waals surface area contributed by atoms with Crippen LogP contribution in [0.3, 0.4) is 0 Å². The molecule has 0 aliphatic heterocycles. The zero-order chi connectivity index (χ0) is 20.2. The molecule has 0 aliphatic rings. The molecule has 0 unspecified atom stereocenters. The fraction of sp³-hybridized carbons (Fsp3) is 0.120. The molecule has 1 amide bonds. The highest BCUT2D eigenvalue weighted by Gasteiger charge is 2.12. The lowest BCUT2D eigenvalue weighted by atomic mass is 10.1. The first-order valence-electron chi connectivity index (χ1n) is 9.66. The molecule has 1 heterocycles. The number of carbonyl (C=O) groups excluding carboxylic acids is 1. The predicted molar refractivity (Wildman–Crippen MR) is 119 cm³/mol. The van der Waals surface area contributed by atoms with Crippen molar-refractivity contribution < 1.29 is 4.79 Å². The quantitative estimate of drug-likeness (QED) is 0.386. The molecule has 3 aromatic carbocycles. The zero-order valence-corrected chi connectivity index (χ0v) is 16.6. The molecule has 0 spiro atoms. The number of hydrogen-bond donors (Lipinski definition) is 1. The van der Waals surface area contributed by atoms with Crippen LogP contribution in [-0.4, -0.2) is 16.7 Å². The summed E-state index contributed by atoms with van der Waals surface area (Å²) >= 11 is 0. The van der Waals surface area contributed by atoms with Crippen molar-refractivity contribution in [2.45, 2.75) is 20.3 Å². The van der Waals surface area contributed by atoms with Crippen molar-refractivity contribution in [3.05, 3.63) is 101 Å². The average molecular weight is 381 g/mol. The summed E-state index contributed by atoms with van der Waals surface area (Å²) in [6, 6.07) is 26.4. The van der Waals surface area contributed by atoms with Gasteiger partial charge in [-0.3, -0.25) is 4.79 Å². The molecule has 4 aromatic rings. The highest BCUT2D eigenvalue weighted by atomic mass is 16.2. The number of hydrogen-bond acceptors (Lipinski definition) is 2. The Kier molecular flexibility index (Phi) is 5.25. The smallest absolute Gasteiger partial charge is 0.244 e. The molecule has 0 fully saturated rings. The van der Waals surface area contributed by atoms with E-state index in [1.54, 1.807) is 6.21 Å². The Morgan fingerprint density at radius 2 is 1.69 bits per heavy atom. The number of aromatic nitrogens is 1. The summed E-state index contributed by atoms with van der Waals surface area (Å²) in [4.78, 5) is 12.1. The Morgan fingerprint density at radius 1 is 0.966 bits per heavy atom. The van der Waals surface area contributed by atoms with Gasteiger partial charge in [-0.2, -0.15) is 5.10 Å². The summed E-state index contributed by atoms with van der Waals surface area (Å²) < 4.78 is 2.23. The molecule has 0 atom stereocenters. The molecule has 0 saturated carbocycles. The molecule has 0 aliphatic carbocycles. The SMILES string of the molecule is Cc1cc(/C=N/NC(=O)Cc2ccccc2)c(C)n1-c1cccc2ccccc12. The zero-order valence-electron chi connectivity index (χ0n) is 16.6. The molecule has 29 heavy (non-hydrogen) atoms. The van der Waals surface area contributed by atoms with Gasteiger partial charge in [-0.25, -0.2) is 5.43 Å². The van der Waals surface area contributed by atoms with Crippen LogP contribution in [0.5, 0.6) is 0 Å². The summed E-state index contributed by atoms with van der Waals surface area (Å²) in [6.07, 6.45) is 2.03. The van der Waals surface area contributed by atoms with Crippen LogP contribution in [0.4, 0.5) is 0 Å². The van der Waals surface area contributed by atoms with E-state index in [2.05, 4.69) is 77.5 Å². The van der Waals surface area contributed by atoms with E-state index in [9.17, 15) is 4.79 Å². The average Bonchev–Trinajstić information content (AvgIpc) is 3.01. The van der Waals surface area contributed by atoms with Crippen molar-refractivity contribution in [2.24, 2.45) is 5.10 Å². The number of benzene rings is 3. The van der Waals surface area contributed by atoms with E-state index in [0.29, 0.717) is 6.42 Å². The topological polar surface area (TPSA) is 46.4 Å². The Morgan fingerprint density at radius 3 is 2.52 bits per heavy atom. The fourth-order valence-corrected chi connectivity index (χ4v) is 3.69. The first-order valence-corrected chi connectivity index (χ1v) is 9.66. The number of rotatable bonds is 5. The summed E-state index contributed by atoms with van der Waals surface area (Å²) in [6.45, 7) is 4.15. The van der Waals surface area contributed by atoms with Gasteiger partial charge in [0.25, 0.3) is 0 Å². The molecule has 4 rings (SSSR count). The molecule has 4 nitrogen and oxygen atoms in total. The molecule has 144 valence electrons. The van der Waals surface area contributed by atoms with Crippen LogP contribution in [0.2, 0.25) is 0 Å². The van der Waals surface area contributed by atoms with Crippen LogP contribution < -0.4 is 5.43 Å². The number of aryl methyl sites for hydroxylation is 1. The predicted octanol–water partition coefficient (Wildman–Crippen LogP) is 4.94. The van der Waals surface area contributed by atoms with E-state index in [0.717, 1.165) is 28.2 Å². The number of amides is 1. The number of hydrazone groups is 1. The van der Waals surface area contributed by atoms with E-state index >= 15 is 0 Å². The van der Waals surface area contributed by atoms with Gasteiger partial charge in [0.15, 0.2) is 0 Å². The highest BCUT2D eigenvalue weighted by Crippen LogP contribution is 2.26. The highest BCUT2D eigenvalue weighted by molar-refractivity contribution is 5.91. The molecule has 0 radical (unpaired) electrons. The first kappa shape index (κ1) is 18.7. The molecule has 0 bridgehead atoms. The largest absolute Gasteiger partial charge is 0.317 e. The maximum Gasteiger partial charge on any atom is 0.244 e. The van der Waals surface area contributed by atoms with E-state index in [-0.39, 0.29) is 5.91 Å². The third kappa shape index (κ3) is 3.97. The van der Waals surface area contributed by atoms with Crippen LogP contribution in [0.1, 0.15) is 22.5 Å². The number of nitrogens with zero attached hydrogens (tertiary/aromatic N) is 2. The van der Waals surface area contributed by atoms with Crippen LogP contribution in [0.15, 0.2) is 84.0 Å². The number of fused-ring (bicyclic) bond motifs is 1. The second-order valence-electron chi connectivity index (χ2n) is 7.12. The Hall–Kier alpha value is -3.66. The van der Waals surface area contributed by atoms with Gasteiger partial charge in [-0.1, -0.05) is 66.7 Å². The molecule has 1 aromatic heterocycles. The van der Waals surface area contributed by atoms with Gasteiger partial charge >= 0.3 is 0 Å². The lowest BCUT2D eigenvalue weighted by Gasteiger charge is -2.12. The van der Waals surface area contributed by atoms with Gasteiger partial charge in [0.05, 0.1) is 18.3 Å². The second kappa shape index (κ2) is 8.15. The summed E-state index contributed by atoms with van der Waals surface area (Å²) in [7, 11) is 0. The van der Waals surface area contributed by atoms with Crippen molar-refractivity contribution in [3.8, 4) is 5.69 Å². The first-order chi connectivity index (χ1) is 14.1. The van der Waals surface area contributed by atoms with Gasteiger partial charge in [-0.15, -0.1) is 0 Å². The normalized spacial score (nSPS) is 11.2. The Labute approximate surface area is 170 Å². The van der Waals surface area contributed by atoms with Crippen molar-refractivity contribution >= 4 is 22.9 Å². The minimum atomic E-state index is -0.129. The maximum atomic E-state index is 12.1. The van der Waals surface area contributed by atoms with Gasteiger partial charge in [0.2, 0.25) is 5.91 Å². The molecular weight excluding hydrogens is 358 g/mol. The third-order valence-corrected chi connectivity index (χ3v) is 5.08. The molecular formula is C25H23N3O. The van der Waals surface area contributed by atoms with E-state index in [1.807, 2.05) is 30.3 Å². The van der Waals surface area contributed by atoms with Gasteiger partial charge in [0, 0.05) is 22.3 Å². The van der Waals surface area contributed by atoms with Gasteiger partial charge in [-0.05, 0) is 36.9 Å². The van der Waals surface area contributed by atoms with Gasteiger partial charge < -0.3 is 4.57 Å². The van der Waals surface area contributed by atoms with Crippen LogP contribution in [0.25, 0.3) is 16.5 Å². The standard InChI is InChI=1S/C25H23N3O/c1-18-15-22(17-26-27-25(29)16-20-9-4-3-5-10-20)19(2)28(18)24-14-8-12-21-11-6-7-13-23(21)24/h3-15,17H,16H2,1-2H3,(H,27,29)/b26-17+. The van der Waals surface area contributed by atoms with Crippen molar-refractivity contribution in [3.63, 3.8) is 0 Å². The van der Waals surface area contributed by atoms with Crippen molar-refractivity contribution in [1.29, 1.82) is 0 Å². The third-order valence-electron chi connectivity index (χ3n) is 5.08. The monoisotopic (exact) mass is 381 g/mol. The van der Waals surface area contributed by atoms with Crippen LogP contribution in [0, 0.1) is 13.8 Å². The summed E-state index contributed by atoms with van der Waals surface area (Å²) in [5.74, 6) is -0.129. The Balaban J connectivity index is 1.56. The second-order valence-corrected chi connectivity index (χ2v) is 7.12. The fourth-order valence-electron chi connectivity index (χ4n) is 3.69. The number of nitrogens with one attached hydrogen (secondary N) is 1. The summed E-state index contributed by atoms with van der Waals surface area (Å²) in [5, 5.41) is 6.59. The van der Waals surface area contributed by atoms with E-state index < -0.39 is 0 Å². The minimum absolute atomic E-state index is 0.129. The molecule has 0 saturated heterocycles. The van der Waals surface area contributed by atoms with Crippen LogP contribution >= 0.6 is 0 Å². The lowest BCUT2D eigenvalue weighted by Crippen LogP contribution is -2.19. The van der Waals surface area contributed by atoms with E-state index in [1.165, 1.54) is 10.8 Å². The van der Waals surface area contributed by atoms with E-state index in [4.69, 9.17) is 0 Å². The lowest BCUT2D eigenvalue weighted by molar-refractivity contribution is -0.120.